The van der Waals surface area contributed by atoms with Gasteiger partial charge in [0, 0.05) is 13.1 Å². The van der Waals surface area contributed by atoms with E-state index in [-0.39, 0.29) is 0 Å². The van der Waals surface area contributed by atoms with E-state index in [1.54, 1.807) is 0 Å². The number of aryl methyl sites for hydroxylation is 2. The van der Waals surface area contributed by atoms with Gasteiger partial charge in [0.2, 0.25) is 0 Å². The predicted octanol–water partition coefficient (Wildman–Crippen LogP) is 1.91. The van der Waals surface area contributed by atoms with Crippen LogP contribution in [0.3, 0.4) is 0 Å². The largest absolute Gasteiger partial charge is 0.309 e. The highest BCUT2D eigenvalue weighted by Crippen LogP contribution is 2.22. The highest BCUT2D eigenvalue weighted by atomic mass is 14.9. The van der Waals surface area contributed by atoms with Gasteiger partial charge in [-0.05, 0) is 36.1 Å². The fourth-order valence-electron chi connectivity index (χ4n) is 1.73. The Morgan fingerprint density at radius 3 is 1.91 bits per heavy atom. The van der Waals surface area contributed by atoms with Gasteiger partial charge in [0.1, 0.15) is 0 Å². The Bertz CT molecular complexity index is 260. The molecule has 0 radical (unpaired) electrons. The minimum absolute atomic E-state index is 1.06. The zero-order chi connectivity index (χ0) is 7.84. The van der Waals surface area contributed by atoms with Gasteiger partial charge >= 0.3 is 0 Å². The standard InChI is InChI=1S/C10H13N/c1-7-3-4-8(2)10-6-11-5-9(7)10/h3-4,11H,5-6H2,1-2H3. The van der Waals surface area contributed by atoms with E-state index >= 15 is 0 Å². The van der Waals surface area contributed by atoms with Gasteiger partial charge < -0.3 is 5.32 Å². The monoisotopic (exact) mass is 147 g/mol. The maximum atomic E-state index is 3.37. The molecule has 0 atom stereocenters. The SMILES string of the molecule is Cc1ccc(C)c2c1CNC2. The molecule has 1 aliphatic rings. The molecular weight excluding hydrogens is 134 g/mol. The molecule has 1 heterocycles. The Morgan fingerprint density at radius 1 is 1.00 bits per heavy atom. The second kappa shape index (κ2) is 2.35. The fraction of sp³-hybridized carbons (Fsp3) is 0.400. The maximum absolute atomic E-state index is 3.37. The molecule has 0 fully saturated rings. The lowest BCUT2D eigenvalue weighted by Crippen LogP contribution is -2.00. The summed E-state index contributed by atoms with van der Waals surface area (Å²) in [6.07, 6.45) is 0. The zero-order valence-electron chi connectivity index (χ0n) is 7.07. The van der Waals surface area contributed by atoms with Crippen LogP contribution in [-0.2, 0) is 13.1 Å². The van der Waals surface area contributed by atoms with E-state index in [9.17, 15) is 0 Å². The van der Waals surface area contributed by atoms with Crippen LogP contribution in [-0.4, -0.2) is 0 Å². The number of nitrogens with one attached hydrogen (secondary N) is 1. The van der Waals surface area contributed by atoms with Gasteiger partial charge in [-0.1, -0.05) is 12.1 Å². The average molecular weight is 147 g/mol. The van der Waals surface area contributed by atoms with Crippen LogP contribution in [0.4, 0.5) is 0 Å². The van der Waals surface area contributed by atoms with Gasteiger partial charge in [-0.15, -0.1) is 0 Å². The minimum atomic E-state index is 1.06. The van der Waals surface area contributed by atoms with Crippen molar-refractivity contribution in [1.29, 1.82) is 0 Å². The highest BCUT2D eigenvalue weighted by Gasteiger charge is 2.13. The van der Waals surface area contributed by atoms with Crippen LogP contribution in [0.5, 0.6) is 0 Å². The summed E-state index contributed by atoms with van der Waals surface area (Å²) in [5.74, 6) is 0. The lowest BCUT2D eigenvalue weighted by molar-refractivity contribution is 0.762. The van der Waals surface area contributed by atoms with Crippen LogP contribution < -0.4 is 5.32 Å². The van der Waals surface area contributed by atoms with Crippen molar-refractivity contribution in [3.63, 3.8) is 0 Å². The third-order valence-corrected chi connectivity index (χ3v) is 2.50. The third-order valence-electron chi connectivity index (χ3n) is 2.50. The second-order valence-electron chi connectivity index (χ2n) is 3.26. The molecule has 2 rings (SSSR count). The Labute approximate surface area is 67.4 Å². The lowest BCUT2D eigenvalue weighted by Gasteiger charge is -2.04. The van der Waals surface area contributed by atoms with Gasteiger partial charge in [0.05, 0.1) is 0 Å². The molecule has 1 nitrogen and oxygen atoms in total. The van der Waals surface area contributed by atoms with E-state index in [4.69, 9.17) is 0 Å². The van der Waals surface area contributed by atoms with Crippen LogP contribution in [0.1, 0.15) is 22.3 Å². The molecule has 1 heteroatoms. The second-order valence-corrected chi connectivity index (χ2v) is 3.26. The normalized spacial score (nSPS) is 15.1. The zero-order valence-corrected chi connectivity index (χ0v) is 7.07. The van der Waals surface area contributed by atoms with Crippen LogP contribution in [0, 0.1) is 13.8 Å². The Hall–Kier alpha value is -0.820. The van der Waals surface area contributed by atoms with Gasteiger partial charge in [0.15, 0.2) is 0 Å². The summed E-state index contributed by atoms with van der Waals surface area (Å²) in [6.45, 7) is 6.49. The molecule has 1 aromatic rings. The van der Waals surface area contributed by atoms with Crippen molar-refractivity contribution >= 4 is 0 Å². The molecule has 1 N–H and O–H groups in total. The maximum Gasteiger partial charge on any atom is 0.0214 e. The van der Waals surface area contributed by atoms with Crippen LogP contribution in [0.2, 0.25) is 0 Å². The number of benzene rings is 1. The van der Waals surface area contributed by atoms with Crippen molar-refractivity contribution < 1.29 is 0 Å². The van der Waals surface area contributed by atoms with Crippen molar-refractivity contribution in [2.45, 2.75) is 26.9 Å². The van der Waals surface area contributed by atoms with E-state index in [2.05, 4.69) is 31.3 Å². The molecule has 0 spiro atoms. The molecule has 0 aromatic heterocycles. The molecule has 0 saturated carbocycles. The minimum Gasteiger partial charge on any atom is -0.309 e. The first kappa shape index (κ1) is 6.86. The molecule has 0 aliphatic carbocycles. The van der Waals surface area contributed by atoms with Gasteiger partial charge in [-0.2, -0.15) is 0 Å². The van der Waals surface area contributed by atoms with E-state index in [1.807, 2.05) is 0 Å². The number of hydrogen-bond donors (Lipinski definition) is 1. The van der Waals surface area contributed by atoms with Crippen LogP contribution in [0.15, 0.2) is 12.1 Å². The number of hydrogen-bond acceptors (Lipinski definition) is 1. The molecule has 0 amide bonds. The van der Waals surface area contributed by atoms with Crippen molar-refractivity contribution in [2.75, 3.05) is 0 Å². The Balaban J connectivity index is 2.64. The summed E-state index contributed by atoms with van der Waals surface area (Å²) in [6, 6.07) is 4.42. The van der Waals surface area contributed by atoms with Crippen molar-refractivity contribution in [1.82, 2.24) is 5.32 Å². The molecule has 0 unspecified atom stereocenters. The Kier molecular flexibility index (Phi) is 1.46. The third kappa shape index (κ3) is 0.962. The van der Waals surface area contributed by atoms with Crippen molar-refractivity contribution in [3.8, 4) is 0 Å². The van der Waals surface area contributed by atoms with E-state index in [1.165, 1.54) is 22.3 Å². The van der Waals surface area contributed by atoms with Gasteiger partial charge in [0.25, 0.3) is 0 Å². The first-order valence-electron chi connectivity index (χ1n) is 4.07. The summed E-state index contributed by atoms with van der Waals surface area (Å²) < 4.78 is 0. The molecule has 11 heavy (non-hydrogen) atoms. The summed E-state index contributed by atoms with van der Waals surface area (Å²) >= 11 is 0. The molecule has 0 saturated heterocycles. The number of rotatable bonds is 0. The Morgan fingerprint density at radius 2 is 1.45 bits per heavy atom. The van der Waals surface area contributed by atoms with Gasteiger partial charge in [-0.3, -0.25) is 0 Å². The summed E-state index contributed by atoms with van der Waals surface area (Å²) in [5, 5.41) is 3.37. The lowest BCUT2D eigenvalue weighted by atomic mass is 10.0. The molecule has 1 aliphatic heterocycles. The smallest absolute Gasteiger partial charge is 0.0214 e. The van der Waals surface area contributed by atoms with E-state index in [0.717, 1.165) is 13.1 Å². The van der Waals surface area contributed by atoms with Crippen molar-refractivity contribution in [3.05, 3.63) is 34.4 Å². The highest BCUT2D eigenvalue weighted by molar-refractivity contribution is 5.42. The van der Waals surface area contributed by atoms with E-state index < -0.39 is 0 Å². The molecule has 1 aromatic carbocycles. The average Bonchev–Trinajstić information content (AvgIpc) is 2.45. The van der Waals surface area contributed by atoms with Gasteiger partial charge in [-0.25, -0.2) is 0 Å². The summed E-state index contributed by atoms with van der Waals surface area (Å²) in [4.78, 5) is 0. The van der Waals surface area contributed by atoms with E-state index in [0.29, 0.717) is 0 Å². The fourth-order valence-corrected chi connectivity index (χ4v) is 1.73. The molecule has 58 valence electrons. The predicted molar refractivity (Wildman–Crippen MR) is 46.5 cm³/mol. The van der Waals surface area contributed by atoms with Crippen LogP contribution in [0.25, 0.3) is 0 Å². The summed E-state index contributed by atoms with van der Waals surface area (Å²) in [5.41, 5.74) is 5.89. The first-order chi connectivity index (χ1) is 5.29. The quantitative estimate of drug-likeness (QED) is 0.591. The summed E-state index contributed by atoms with van der Waals surface area (Å²) in [7, 11) is 0. The topological polar surface area (TPSA) is 12.0 Å². The first-order valence-corrected chi connectivity index (χ1v) is 4.07. The number of fused-ring (bicyclic) bond motifs is 1. The molecule has 0 bridgehead atoms. The van der Waals surface area contributed by atoms with Crippen LogP contribution >= 0.6 is 0 Å². The molecular formula is C10H13N. The van der Waals surface area contributed by atoms with Crippen molar-refractivity contribution in [2.24, 2.45) is 0 Å².